The van der Waals surface area contributed by atoms with Crippen LogP contribution in [0.2, 0.25) is 0 Å². The highest BCUT2D eigenvalue weighted by atomic mass is 35.5. The van der Waals surface area contributed by atoms with Crippen LogP contribution in [0.4, 0.5) is 0 Å². The van der Waals surface area contributed by atoms with Crippen LogP contribution in [-0.4, -0.2) is 43.2 Å². The molecule has 8 heteroatoms. The van der Waals surface area contributed by atoms with Crippen molar-refractivity contribution in [2.45, 2.75) is 22.2 Å². The Kier molecular flexibility index (Phi) is 7.06. The van der Waals surface area contributed by atoms with Crippen molar-refractivity contribution in [3.63, 3.8) is 0 Å². The van der Waals surface area contributed by atoms with Crippen LogP contribution >= 0.6 is 23.2 Å². The first kappa shape index (κ1) is 20.7. The third-order valence-electron chi connectivity index (χ3n) is 3.82. The summed E-state index contributed by atoms with van der Waals surface area (Å²) in [5.41, 5.74) is 2.74. The molecule has 1 atom stereocenters. The molecule has 0 bridgehead atoms. The standard InChI is InChI=1S/C18H19Cl2NO4S/c1-26(24,25)16-8-6-14(7-9-16)13-4-2-12(3-5-13)10-15(11-22)21-18(23)17(19)20/h2-9,15,17,22H,10-11H2,1H3,(H,21,23)/t15-/m0/s1. The van der Waals surface area contributed by atoms with Crippen LogP contribution in [0.25, 0.3) is 11.1 Å². The molecule has 0 radical (unpaired) electrons. The summed E-state index contributed by atoms with van der Waals surface area (Å²) < 4.78 is 23.0. The number of benzene rings is 2. The third-order valence-corrected chi connectivity index (χ3v) is 5.34. The van der Waals surface area contributed by atoms with Crippen LogP contribution in [0.15, 0.2) is 53.4 Å². The summed E-state index contributed by atoms with van der Waals surface area (Å²) in [5, 5.41) is 12.0. The maximum absolute atomic E-state index is 11.5. The first-order chi connectivity index (χ1) is 12.2. The third kappa shape index (κ3) is 5.71. The molecule has 0 aliphatic rings. The van der Waals surface area contributed by atoms with Gasteiger partial charge in [-0.25, -0.2) is 8.42 Å². The number of aliphatic hydroxyl groups is 1. The van der Waals surface area contributed by atoms with Gasteiger partial charge in [-0.2, -0.15) is 0 Å². The van der Waals surface area contributed by atoms with Gasteiger partial charge in [-0.05, 0) is 35.2 Å². The number of hydrogen-bond acceptors (Lipinski definition) is 4. The summed E-state index contributed by atoms with van der Waals surface area (Å²) in [5.74, 6) is -0.546. The van der Waals surface area contributed by atoms with Crippen molar-refractivity contribution in [3.05, 3.63) is 54.1 Å². The van der Waals surface area contributed by atoms with Crippen LogP contribution in [0.3, 0.4) is 0 Å². The SMILES string of the molecule is CS(=O)(=O)c1ccc(-c2ccc(C[C@@H](CO)NC(=O)C(Cl)Cl)cc2)cc1. The fourth-order valence-corrected chi connectivity index (χ4v) is 3.19. The lowest BCUT2D eigenvalue weighted by atomic mass is 10.0. The number of sulfone groups is 1. The number of nitrogens with one attached hydrogen (secondary N) is 1. The summed E-state index contributed by atoms with van der Waals surface area (Å²) >= 11 is 11.0. The zero-order valence-corrected chi connectivity index (χ0v) is 16.4. The number of alkyl halides is 2. The lowest BCUT2D eigenvalue weighted by Crippen LogP contribution is -2.41. The molecule has 2 aromatic rings. The molecule has 26 heavy (non-hydrogen) atoms. The van der Waals surface area contributed by atoms with Crippen LogP contribution < -0.4 is 5.32 Å². The van der Waals surface area contributed by atoms with E-state index in [2.05, 4.69) is 5.32 Å². The van der Waals surface area contributed by atoms with E-state index in [0.29, 0.717) is 6.42 Å². The van der Waals surface area contributed by atoms with E-state index in [-0.39, 0.29) is 11.5 Å². The molecule has 0 aliphatic heterocycles. The van der Waals surface area contributed by atoms with Crippen molar-refractivity contribution in [2.24, 2.45) is 0 Å². The number of carbonyl (C=O) groups is 1. The highest BCUT2D eigenvalue weighted by Crippen LogP contribution is 2.22. The number of rotatable bonds is 7. The Bertz CT molecular complexity index is 850. The lowest BCUT2D eigenvalue weighted by Gasteiger charge is -2.17. The van der Waals surface area contributed by atoms with E-state index < -0.39 is 26.6 Å². The number of amides is 1. The largest absolute Gasteiger partial charge is 0.394 e. The summed E-state index contributed by atoms with van der Waals surface area (Å²) in [6.45, 7) is -0.235. The van der Waals surface area contributed by atoms with Crippen molar-refractivity contribution in [2.75, 3.05) is 12.9 Å². The van der Waals surface area contributed by atoms with Gasteiger partial charge in [0.15, 0.2) is 14.7 Å². The van der Waals surface area contributed by atoms with Crippen LogP contribution in [0, 0.1) is 0 Å². The summed E-state index contributed by atoms with van der Waals surface area (Å²) in [6.07, 6.45) is 1.60. The lowest BCUT2D eigenvalue weighted by molar-refractivity contribution is -0.120. The molecular formula is C18H19Cl2NO4S. The molecule has 0 aromatic heterocycles. The molecule has 0 unspecified atom stereocenters. The van der Waals surface area contributed by atoms with Gasteiger partial charge in [0.1, 0.15) is 0 Å². The van der Waals surface area contributed by atoms with Crippen molar-refractivity contribution in [1.29, 1.82) is 0 Å². The maximum Gasteiger partial charge on any atom is 0.253 e. The average Bonchev–Trinajstić information content (AvgIpc) is 2.61. The fraction of sp³-hybridized carbons (Fsp3) is 0.278. The second-order valence-corrected chi connectivity index (χ2v) is 9.00. The van der Waals surface area contributed by atoms with E-state index in [9.17, 15) is 18.3 Å². The van der Waals surface area contributed by atoms with Gasteiger partial charge in [-0.1, -0.05) is 59.6 Å². The molecule has 1 amide bonds. The van der Waals surface area contributed by atoms with Gasteiger partial charge in [0.25, 0.3) is 5.91 Å². The Labute approximate surface area is 162 Å². The predicted octanol–water partition coefficient (Wildman–Crippen LogP) is 2.58. The quantitative estimate of drug-likeness (QED) is 0.680. The Balaban J connectivity index is 2.09. The molecule has 0 aliphatic carbocycles. The number of halogens is 2. The molecule has 2 N–H and O–H groups in total. The molecule has 0 saturated heterocycles. The molecule has 5 nitrogen and oxygen atoms in total. The van der Waals surface area contributed by atoms with Gasteiger partial charge in [0.05, 0.1) is 17.5 Å². The van der Waals surface area contributed by atoms with Gasteiger partial charge >= 0.3 is 0 Å². The Hall–Kier alpha value is -1.60. The topological polar surface area (TPSA) is 83.5 Å². The maximum atomic E-state index is 11.5. The normalized spacial score (nSPS) is 12.8. The number of aliphatic hydroxyl groups excluding tert-OH is 1. The smallest absolute Gasteiger partial charge is 0.253 e. The van der Waals surface area contributed by atoms with Gasteiger partial charge in [-0.15, -0.1) is 0 Å². The van der Waals surface area contributed by atoms with E-state index >= 15 is 0 Å². The molecular weight excluding hydrogens is 397 g/mol. The molecule has 0 fully saturated rings. The van der Waals surface area contributed by atoms with Crippen molar-refractivity contribution in [1.82, 2.24) is 5.32 Å². The number of carbonyl (C=O) groups excluding carboxylic acids is 1. The zero-order chi connectivity index (χ0) is 19.3. The molecule has 140 valence electrons. The van der Waals surface area contributed by atoms with Gasteiger partial charge in [0, 0.05) is 6.26 Å². The number of hydrogen-bond donors (Lipinski definition) is 2. The minimum absolute atomic E-state index is 0.235. The van der Waals surface area contributed by atoms with Crippen molar-refractivity contribution < 1.29 is 18.3 Å². The Morgan fingerprint density at radius 3 is 1.96 bits per heavy atom. The molecule has 2 rings (SSSR count). The van der Waals surface area contributed by atoms with Crippen molar-refractivity contribution >= 4 is 38.9 Å². The monoisotopic (exact) mass is 415 g/mol. The highest BCUT2D eigenvalue weighted by molar-refractivity contribution is 7.90. The molecule has 0 saturated carbocycles. The minimum atomic E-state index is -3.22. The molecule has 0 heterocycles. The summed E-state index contributed by atoms with van der Waals surface area (Å²) in [7, 11) is -3.22. The van der Waals surface area contributed by atoms with Gasteiger partial charge in [0.2, 0.25) is 0 Å². The second kappa shape index (κ2) is 8.86. The first-order valence-corrected chi connectivity index (χ1v) is 10.6. The minimum Gasteiger partial charge on any atom is -0.394 e. The molecule has 0 spiro atoms. The Morgan fingerprint density at radius 1 is 1.04 bits per heavy atom. The summed E-state index contributed by atoms with van der Waals surface area (Å²) in [6, 6.07) is 13.7. The highest BCUT2D eigenvalue weighted by Gasteiger charge is 2.17. The van der Waals surface area contributed by atoms with Crippen molar-refractivity contribution in [3.8, 4) is 11.1 Å². The van der Waals surface area contributed by atoms with Crippen LogP contribution in [0.1, 0.15) is 5.56 Å². The van der Waals surface area contributed by atoms with Gasteiger partial charge < -0.3 is 10.4 Å². The van der Waals surface area contributed by atoms with Crippen LogP contribution in [-0.2, 0) is 21.1 Å². The van der Waals surface area contributed by atoms with E-state index in [0.717, 1.165) is 16.7 Å². The average molecular weight is 416 g/mol. The van der Waals surface area contributed by atoms with E-state index in [1.807, 2.05) is 24.3 Å². The first-order valence-electron chi connectivity index (χ1n) is 7.79. The van der Waals surface area contributed by atoms with E-state index in [4.69, 9.17) is 23.2 Å². The van der Waals surface area contributed by atoms with Crippen LogP contribution in [0.5, 0.6) is 0 Å². The fourth-order valence-electron chi connectivity index (χ4n) is 2.44. The zero-order valence-electron chi connectivity index (χ0n) is 14.0. The Morgan fingerprint density at radius 2 is 1.54 bits per heavy atom. The molecule has 2 aromatic carbocycles. The van der Waals surface area contributed by atoms with E-state index in [1.165, 1.54) is 6.26 Å². The van der Waals surface area contributed by atoms with E-state index in [1.54, 1.807) is 24.3 Å². The predicted molar refractivity (Wildman–Crippen MR) is 103 cm³/mol. The van der Waals surface area contributed by atoms with Gasteiger partial charge in [-0.3, -0.25) is 4.79 Å². The second-order valence-electron chi connectivity index (χ2n) is 5.89. The summed E-state index contributed by atoms with van der Waals surface area (Å²) in [4.78, 5) is 10.6.